The van der Waals surface area contributed by atoms with Crippen molar-refractivity contribution in [1.29, 1.82) is 0 Å². The normalized spacial score (nSPS) is 18.5. The molecule has 0 amide bonds. The van der Waals surface area contributed by atoms with Gasteiger partial charge >= 0.3 is 0 Å². The van der Waals surface area contributed by atoms with Gasteiger partial charge < -0.3 is 14.9 Å². The second kappa shape index (κ2) is 7.64. The average molecular weight is 328 g/mol. The maximum atomic E-state index is 10.2. The van der Waals surface area contributed by atoms with Crippen molar-refractivity contribution in [3.63, 3.8) is 0 Å². The van der Waals surface area contributed by atoms with Crippen LogP contribution in [0.3, 0.4) is 0 Å². The lowest BCUT2D eigenvalue weighted by Gasteiger charge is -2.34. The Bertz CT molecular complexity index is 690. The first-order chi connectivity index (χ1) is 11.7. The van der Waals surface area contributed by atoms with E-state index < -0.39 is 0 Å². The van der Waals surface area contributed by atoms with Gasteiger partial charge in [-0.05, 0) is 43.7 Å². The number of ether oxygens (including phenoxy) is 1. The van der Waals surface area contributed by atoms with Crippen LogP contribution >= 0.6 is 0 Å². The third-order valence-electron chi connectivity index (χ3n) is 4.64. The summed E-state index contributed by atoms with van der Waals surface area (Å²) in [5.41, 5.74) is 2.62. The van der Waals surface area contributed by atoms with E-state index in [-0.39, 0.29) is 18.4 Å². The van der Waals surface area contributed by atoms with Crippen LogP contribution in [0, 0.1) is 0 Å². The minimum Gasteiger partial charge on any atom is -0.508 e. The fourth-order valence-corrected chi connectivity index (χ4v) is 3.25. The molecule has 2 heterocycles. The van der Waals surface area contributed by atoms with Gasteiger partial charge in [0.2, 0.25) is 5.88 Å². The number of pyridine rings is 1. The SMILES string of the molecule is COc1cccc(-c2ccc(O)c(CN3CCCCC3CO)c2)n1. The Morgan fingerprint density at radius 1 is 1.25 bits per heavy atom. The first-order valence-corrected chi connectivity index (χ1v) is 8.39. The van der Waals surface area contributed by atoms with Crippen LogP contribution in [0.1, 0.15) is 24.8 Å². The zero-order valence-electron chi connectivity index (χ0n) is 14.0. The van der Waals surface area contributed by atoms with Crippen molar-refractivity contribution in [3.05, 3.63) is 42.0 Å². The van der Waals surface area contributed by atoms with Crippen LogP contribution in [0.4, 0.5) is 0 Å². The number of piperidine rings is 1. The number of hydrogen-bond donors (Lipinski definition) is 2. The van der Waals surface area contributed by atoms with Crippen molar-refractivity contribution in [2.45, 2.75) is 31.8 Å². The number of benzene rings is 1. The quantitative estimate of drug-likeness (QED) is 0.883. The summed E-state index contributed by atoms with van der Waals surface area (Å²) in [6.45, 7) is 1.75. The van der Waals surface area contributed by atoms with E-state index in [9.17, 15) is 10.2 Å². The zero-order chi connectivity index (χ0) is 16.9. The first kappa shape index (κ1) is 16.7. The third kappa shape index (κ3) is 3.68. The number of phenols is 1. The number of nitrogens with zero attached hydrogens (tertiary/aromatic N) is 2. The number of aliphatic hydroxyl groups is 1. The summed E-state index contributed by atoms with van der Waals surface area (Å²) >= 11 is 0. The molecule has 1 aromatic heterocycles. The lowest BCUT2D eigenvalue weighted by atomic mass is 10.0. The summed E-state index contributed by atoms with van der Waals surface area (Å²) in [7, 11) is 1.60. The minimum absolute atomic E-state index is 0.165. The standard InChI is InChI=1S/C19H24N2O3/c1-24-19-7-4-6-17(20-19)14-8-9-18(23)15(11-14)12-21-10-3-2-5-16(21)13-22/h4,6-9,11,16,22-23H,2-3,5,10,12-13H2,1H3. The molecule has 1 saturated heterocycles. The molecule has 5 heteroatoms. The first-order valence-electron chi connectivity index (χ1n) is 8.39. The van der Waals surface area contributed by atoms with Crippen LogP contribution in [-0.4, -0.2) is 46.4 Å². The number of aliphatic hydroxyl groups excluding tert-OH is 1. The molecule has 3 rings (SSSR count). The zero-order valence-corrected chi connectivity index (χ0v) is 14.0. The second-order valence-corrected chi connectivity index (χ2v) is 6.21. The second-order valence-electron chi connectivity index (χ2n) is 6.21. The summed E-state index contributed by atoms with van der Waals surface area (Å²) in [4.78, 5) is 6.70. The highest BCUT2D eigenvalue weighted by molar-refractivity contribution is 5.62. The molecule has 1 aromatic carbocycles. The van der Waals surface area contributed by atoms with E-state index in [0.29, 0.717) is 12.4 Å². The van der Waals surface area contributed by atoms with E-state index in [1.54, 1.807) is 13.2 Å². The molecule has 1 aliphatic rings. The molecule has 5 nitrogen and oxygen atoms in total. The van der Waals surface area contributed by atoms with E-state index in [2.05, 4.69) is 9.88 Å². The Morgan fingerprint density at radius 3 is 2.92 bits per heavy atom. The highest BCUT2D eigenvalue weighted by Crippen LogP contribution is 2.28. The Labute approximate surface area is 142 Å². The van der Waals surface area contributed by atoms with Crippen LogP contribution in [0.5, 0.6) is 11.6 Å². The molecule has 24 heavy (non-hydrogen) atoms. The summed E-state index contributed by atoms with van der Waals surface area (Å²) in [6, 6.07) is 11.4. The predicted octanol–water partition coefficient (Wildman–Crippen LogP) is 2.81. The summed E-state index contributed by atoms with van der Waals surface area (Å²) < 4.78 is 5.18. The maximum Gasteiger partial charge on any atom is 0.213 e. The van der Waals surface area contributed by atoms with E-state index in [4.69, 9.17) is 4.74 Å². The van der Waals surface area contributed by atoms with Gasteiger partial charge in [-0.2, -0.15) is 0 Å². The number of phenolic OH excluding ortho intramolecular Hbond substituents is 1. The van der Waals surface area contributed by atoms with Crippen LogP contribution < -0.4 is 4.74 Å². The predicted molar refractivity (Wildman–Crippen MR) is 93.0 cm³/mol. The Kier molecular flexibility index (Phi) is 5.33. The average Bonchev–Trinajstić information content (AvgIpc) is 2.64. The topological polar surface area (TPSA) is 65.8 Å². The van der Waals surface area contributed by atoms with Gasteiger partial charge in [0.05, 0.1) is 19.4 Å². The van der Waals surface area contributed by atoms with Crippen LogP contribution in [-0.2, 0) is 6.54 Å². The number of methoxy groups -OCH3 is 1. The van der Waals surface area contributed by atoms with Crippen molar-refractivity contribution in [2.24, 2.45) is 0 Å². The van der Waals surface area contributed by atoms with Gasteiger partial charge in [0.25, 0.3) is 0 Å². The van der Waals surface area contributed by atoms with E-state index >= 15 is 0 Å². The molecule has 0 radical (unpaired) electrons. The summed E-state index contributed by atoms with van der Waals surface area (Å²) in [5.74, 6) is 0.849. The molecule has 1 fully saturated rings. The fourth-order valence-electron chi connectivity index (χ4n) is 3.25. The summed E-state index contributed by atoms with van der Waals surface area (Å²) in [6.07, 6.45) is 3.30. The number of rotatable bonds is 5. The highest BCUT2D eigenvalue weighted by Gasteiger charge is 2.22. The van der Waals surface area contributed by atoms with Crippen LogP contribution in [0.25, 0.3) is 11.3 Å². The molecule has 1 atom stereocenters. The van der Waals surface area contributed by atoms with Crippen molar-refractivity contribution in [2.75, 3.05) is 20.3 Å². The van der Waals surface area contributed by atoms with Gasteiger partial charge in [-0.25, -0.2) is 4.98 Å². The molecule has 2 N–H and O–H groups in total. The van der Waals surface area contributed by atoms with Gasteiger partial charge in [0.1, 0.15) is 5.75 Å². The van der Waals surface area contributed by atoms with Gasteiger partial charge in [-0.15, -0.1) is 0 Å². The molecule has 128 valence electrons. The molecule has 0 aliphatic carbocycles. The van der Waals surface area contributed by atoms with Crippen LogP contribution in [0.15, 0.2) is 36.4 Å². The largest absolute Gasteiger partial charge is 0.508 e. The fraction of sp³-hybridized carbons (Fsp3) is 0.421. The van der Waals surface area contributed by atoms with Crippen molar-refractivity contribution in [1.82, 2.24) is 9.88 Å². The Morgan fingerprint density at radius 2 is 2.12 bits per heavy atom. The molecule has 1 aliphatic heterocycles. The van der Waals surface area contributed by atoms with Crippen molar-refractivity contribution >= 4 is 0 Å². The van der Waals surface area contributed by atoms with E-state index in [1.165, 1.54) is 0 Å². The smallest absolute Gasteiger partial charge is 0.213 e. The summed E-state index contributed by atoms with van der Waals surface area (Å²) in [5, 5.41) is 19.8. The molecular formula is C19H24N2O3. The number of aromatic hydroxyl groups is 1. The molecule has 1 unspecified atom stereocenters. The molecule has 0 spiro atoms. The number of aromatic nitrogens is 1. The number of likely N-dealkylation sites (tertiary alicyclic amines) is 1. The molecule has 0 bridgehead atoms. The highest BCUT2D eigenvalue weighted by atomic mass is 16.5. The maximum absolute atomic E-state index is 10.2. The third-order valence-corrected chi connectivity index (χ3v) is 4.64. The van der Waals surface area contributed by atoms with Gasteiger partial charge in [0.15, 0.2) is 0 Å². The van der Waals surface area contributed by atoms with Crippen LogP contribution in [0.2, 0.25) is 0 Å². The van der Waals surface area contributed by atoms with E-state index in [0.717, 1.165) is 42.6 Å². The Balaban J connectivity index is 1.85. The van der Waals surface area contributed by atoms with Gasteiger partial charge in [-0.1, -0.05) is 12.5 Å². The van der Waals surface area contributed by atoms with Gasteiger partial charge in [0, 0.05) is 29.8 Å². The van der Waals surface area contributed by atoms with Crippen molar-refractivity contribution < 1.29 is 14.9 Å². The minimum atomic E-state index is 0.165. The molecule has 2 aromatic rings. The molecule has 0 saturated carbocycles. The van der Waals surface area contributed by atoms with Gasteiger partial charge in [-0.3, -0.25) is 4.90 Å². The lowest BCUT2D eigenvalue weighted by Crippen LogP contribution is -2.41. The number of hydrogen-bond acceptors (Lipinski definition) is 5. The Hall–Kier alpha value is -2.11. The monoisotopic (exact) mass is 328 g/mol. The molecular weight excluding hydrogens is 304 g/mol. The van der Waals surface area contributed by atoms with E-state index in [1.807, 2.05) is 30.3 Å². The lowest BCUT2D eigenvalue weighted by molar-refractivity contribution is 0.0835. The van der Waals surface area contributed by atoms with Crippen molar-refractivity contribution in [3.8, 4) is 22.9 Å².